The van der Waals surface area contributed by atoms with Gasteiger partial charge in [0.25, 0.3) is 0 Å². The van der Waals surface area contributed by atoms with Gasteiger partial charge >= 0.3 is 23.7 Å². The lowest BCUT2D eigenvalue weighted by Gasteiger charge is -2.32. The molecule has 150 valence electrons. The molecule has 0 saturated carbocycles. The van der Waals surface area contributed by atoms with Crippen molar-refractivity contribution in [3.8, 4) is 0 Å². The normalized spacial score (nSPS) is 20.9. The third kappa shape index (κ3) is 2.65. The fourth-order valence-corrected chi connectivity index (χ4v) is 2.91. The zero-order valence-corrected chi connectivity index (χ0v) is 14.0. The third-order valence-corrected chi connectivity index (χ3v) is 4.43. The Labute approximate surface area is 153 Å². The van der Waals surface area contributed by atoms with Crippen LogP contribution >= 0.6 is 0 Å². The van der Waals surface area contributed by atoms with Crippen molar-refractivity contribution in [2.24, 2.45) is 0 Å². The maximum absolute atomic E-state index is 14.7. The summed E-state index contributed by atoms with van der Waals surface area (Å²) >= 11 is 0. The van der Waals surface area contributed by atoms with E-state index in [1.54, 1.807) is 5.32 Å². The highest BCUT2D eigenvalue weighted by Crippen LogP contribution is 2.55. The second-order valence-electron chi connectivity index (χ2n) is 6.32. The molecule has 4 bridgehead atoms. The van der Waals surface area contributed by atoms with E-state index in [2.05, 4.69) is 0 Å². The first kappa shape index (κ1) is 20.1. The number of benzene rings is 2. The number of nitrogens with one attached hydrogen (secondary N) is 1. The fourth-order valence-electron chi connectivity index (χ4n) is 2.91. The third-order valence-electron chi connectivity index (χ3n) is 4.43. The van der Waals surface area contributed by atoms with Crippen LogP contribution in [0.4, 0.5) is 40.8 Å². The highest BCUT2D eigenvalue weighted by molar-refractivity contribution is 5.90. The van der Waals surface area contributed by atoms with Crippen LogP contribution in [0.1, 0.15) is 29.2 Å². The Morgan fingerprint density at radius 3 is 1.54 bits per heavy atom. The number of carbonyl (C=O) groups excluding carboxylic acids is 1. The van der Waals surface area contributed by atoms with Crippen molar-refractivity contribution in [3.63, 3.8) is 0 Å². The molecule has 4 aliphatic carbocycles. The maximum atomic E-state index is 14.7. The van der Waals surface area contributed by atoms with E-state index in [4.69, 9.17) is 0 Å². The minimum absolute atomic E-state index is 0.155. The van der Waals surface area contributed by atoms with Gasteiger partial charge in [0.1, 0.15) is 0 Å². The van der Waals surface area contributed by atoms with Crippen LogP contribution in [0.25, 0.3) is 0 Å². The smallest absolute Gasteiger partial charge is 0.326 e. The summed E-state index contributed by atoms with van der Waals surface area (Å²) in [6.45, 7) is 0.820. The molecular weight excluding hydrogens is 398 g/mol. The molecule has 0 saturated heterocycles. The monoisotopic (exact) mass is 409 g/mol. The van der Waals surface area contributed by atoms with Gasteiger partial charge in [0.2, 0.25) is 5.91 Å². The minimum atomic E-state index is -4.94. The molecule has 28 heavy (non-hydrogen) atoms. The van der Waals surface area contributed by atoms with Crippen LogP contribution in [0.15, 0.2) is 42.5 Å². The largest absolute Gasteiger partial charge is 0.341 e. The van der Waals surface area contributed by atoms with Crippen LogP contribution in [-0.4, -0.2) is 5.91 Å². The lowest BCUT2D eigenvalue weighted by atomic mass is 9.88. The average Bonchev–Trinajstić information content (AvgIpc) is 2.60. The molecule has 1 amide bonds. The molecule has 0 atom stereocenters. The summed E-state index contributed by atoms with van der Waals surface area (Å²) in [6, 6.07) is 1.58. The fraction of sp³-hybridized carbons (Fsp3) is 0.278. The summed E-state index contributed by atoms with van der Waals surface area (Å²) in [5.41, 5.74) is -6.70. The molecule has 4 aliphatic rings. The number of hydrogen-bond acceptors (Lipinski definition) is 1. The van der Waals surface area contributed by atoms with Gasteiger partial charge in [-0.3, -0.25) is 4.79 Å². The van der Waals surface area contributed by atoms with Crippen LogP contribution in [0.2, 0.25) is 0 Å². The number of hydrogen-bond donors (Lipinski definition) is 1. The zero-order valence-electron chi connectivity index (χ0n) is 14.0. The van der Waals surface area contributed by atoms with E-state index in [1.165, 1.54) is 0 Å². The molecule has 0 spiro atoms. The highest BCUT2D eigenvalue weighted by atomic mass is 19.3. The van der Waals surface area contributed by atoms with Crippen molar-refractivity contribution < 1.29 is 39.9 Å². The highest BCUT2D eigenvalue weighted by Gasteiger charge is 2.62. The van der Waals surface area contributed by atoms with Crippen molar-refractivity contribution >= 4 is 11.6 Å². The zero-order chi connectivity index (χ0) is 21.1. The van der Waals surface area contributed by atoms with Crippen molar-refractivity contribution in [1.82, 2.24) is 0 Å². The summed E-state index contributed by atoms with van der Waals surface area (Å²) < 4.78 is 116. The second kappa shape index (κ2) is 5.92. The summed E-state index contributed by atoms with van der Waals surface area (Å²) in [4.78, 5) is 11.3. The number of rotatable bonds is 1. The molecule has 2 aromatic carbocycles. The Kier molecular flexibility index (Phi) is 4.25. The molecule has 0 heterocycles. The summed E-state index contributed by atoms with van der Waals surface area (Å²) in [6.07, 6.45) is 0. The van der Waals surface area contributed by atoms with E-state index in [-0.39, 0.29) is 42.5 Å². The van der Waals surface area contributed by atoms with Gasteiger partial charge in [-0.15, -0.1) is 0 Å². The van der Waals surface area contributed by atoms with Crippen LogP contribution in [0.5, 0.6) is 0 Å². The quantitative estimate of drug-likeness (QED) is 0.600. The Balaban J connectivity index is 2.41. The van der Waals surface area contributed by atoms with E-state index in [0.29, 0.717) is 0 Å². The molecule has 0 radical (unpaired) electrons. The van der Waals surface area contributed by atoms with Gasteiger partial charge in [-0.1, -0.05) is 36.4 Å². The standard InChI is InChI=1S/C18H11F8NO/c1-9(28)27-14-8-12-6-7-13(14)18(25,26)16(21,22)11-4-2-10(3-5-11)15(19,20)17(12,23)24/h2-8H,1H3,(H,27,28). The first-order valence-corrected chi connectivity index (χ1v) is 7.78. The van der Waals surface area contributed by atoms with Crippen LogP contribution < -0.4 is 5.32 Å². The van der Waals surface area contributed by atoms with Gasteiger partial charge in [-0.2, -0.15) is 35.1 Å². The van der Waals surface area contributed by atoms with Crippen LogP contribution in [0.3, 0.4) is 0 Å². The van der Waals surface area contributed by atoms with Crippen molar-refractivity contribution in [2.45, 2.75) is 30.6 Å². The van der Waals surface area contributed by atoms with E-state index in [9.17, 15) is 39.9 Å². The number of anilines is 1. The molecule has 2 aromatic rings. The SMILES string of the molecule is CC(=O)Nc1cc2ccc1C(F)(F)C(F)(F)c1ccc(cc1)C(F)(F)C2(F)F. The van der Waals surface area contributed by atoms with E-state index < -0.39 is 57.5 Å². The van der Waals surface area contributed by atoms with E-state index in [1.807, 2.05) is 0 Å². The number of carbonyl (C=O) groups is 1. The molecule has 0 aromatic heterocycles. The molecular formula is C18H11F8NO. The van der Waals surface area contributed by atoms with Crippen molar-refractivity contribution in [2.75, 3.05) is 5.32 Å². The first-order chi connectivity index (χ1) is 12.7. The molecule has 0 unspecified atom stereocenters. The predicted octanol–water partition coefficient (Wildman–Crippen LogP) is 5.73. The predicted molar refractivity (Wildman–Crippen MR) is 82.8 cm³/mol. The van der Waals surface area contributed by atoms with Gasteiger partial charge in [0.05, 0.1) is 11.3 Å². The number of amides is 1. The van der Waals surface area contributed by atoms with Gasteiger partial charge in [0, 0.05) is 23.6 Å². The van der Waals surface area contributed by atoms with Crippen molar-refractivity contribution in [3.05, 3.63) is 64.7 Å². The lowest BCUT2D eigenvalue weighted by molar-refractivity contribution is -0.227. The topological polar surface area (TPSA) is 29.1 Å². The van der Waals surface area contributed by atoms with Gasteiger partial charge < -0.3 is 5.32 Å². The van der Waals surface area contributed by atoms with Crippen LogP contribution in [-0.2, 0) is 28.5 Å². The summed E-state index contributed by atoms with van der Waals surface area (Å²) in [5.74, 6) is -20.6. The average molecular weight is 409 g/mol. The van der Waals surface area contributed by atoms with Gasteiger partial charge in [-0.25, -0.2) is 0 Å². The van der Waals surface area contributed by atoms with E-state index in [0.717, 1.165) is 6.92 Å². The molecule has 0 aliphatic heterocycles. The summed E-state index contributed by atoms with van der Waals surface area (Å²) in [7, 11) is 0. The Morgan fingerprint density at radius 1 is 0.679 bits per heavy atom. The van der Waals surface area contributed by atoms with Crippen molar-refractivity contribution in [1.29, 1.82) is 0 Å². The molecule has 0 fully saturated rings. The van der Waals surface area contributed by atoms with Gasteiger partial charge in [-0.05, 0) is 6.07 Å². The first-order valence-electron chi connectivity index (χ1n) is 7.78. The Hall–Kier alpha value is -2.65. The Morgan fingerprint density at radius 2 is 1.07 bits per heavy atom. The molecule has 1 N–H and O–H groups in total. The molecule has 6 rings (SSSR count). The lowest BCUT2D eigenvalue weighted by Crippen LogP contribution is -2.39. The molecule has 10 heteroatoms. The second-order valence-corrected chi connectivity index (χ2v) is 6.32. The van der Waals surface area contributed by atoms with Gasteiger partial charge in [0.15, 0.2) is 0 Å². The maximum Gasteiger partial charge on any atom is 0.341 e. The number of halogens is 8. The Bertz CT molecular complexity index is 937. The molecule has 2 nitrogen and oxygen atoms in total. The van der Waals surface area contributed by atoms with Crippen LogP contribution in [0, 0.1) is 0 Å². The summed E-state index contributed by atoms with van der Waals surface area (Å²) in [5, 5.41) is 1.74. The number of alkyl halides is 8. The van der Waals surface area contributed by atoms with E-state index >= 15 is 0 Å². The minimum Gasteiger partial charge on any atom is -0.326 e.